The fourth-order valence-electron chi connectivity index (χ4n) is 1.69. The third-order valence-electron chi connectivity index (χ3n) is 2.76. The Morgan fingerprint density at radius 2 is 1.62 bits per heavy atom. The number of aliphatic hydroxyl groups excluding tert-OH is 2. The van der Waals surface area contributed by atoms with Gasteiger partial charge in [-0.05, 0) is 38.5 Å². The normalized spacial score (nSPS) is 13.4. The molecule has 0 amide bonds. The van der Waals surface area contributed by atoms with Crippen molar-refractivity contribution in [2.24, 2.45) is 0 Å². The second-order valence-electron chi connectivity index (χ2n) is 4.42. The Balaban J connectivity index is 3.15. The molecule has 0 fully saturated rings. The van der Waals surface area contributed by atoms with Crippen LogP contribution in [0.3, 0.4) is 0 Å². The number of unbranched alkanes of at least 4 members (excludes halogenated alkanes) is 5. The van der Waals surface area contributed by atoms with Crippen molar-refractivity contribution >= 4 is 0 Å². The number of rotatable bonds is 11. The summed E-state index contributed by atoms with van der Waals surface area (Å²) < 4.78 is 0. The SMILES string of the molecule is CCCCCCC=CCCCC(O)CCO. The van der Waals surface area contributed by atoms with E-state index >= 15 is 0 Å². The van der Waals surface area contributed by atoms with Gasteiger partial charge in [-0.15, -0.1) is 0 Å². The zero-order valence-corrected chi connectivity index (χ0v) is 10.7. The van der Waals surface area contributed by atoms with Crippen LogP contribution in [0.25, 0.3) is 0 Å². The van der Waals surface area contributed by atoms with Crippen LogP contribution in [-0.2, 0) is 0 Å². The van der Waals surface area contributed by atoms with Crippen molar-refractivity contribution in [2.75, 3.05) is 6.61 Å². The lowest BCUT2D eigenvalue weighted by molar-refractivity contribution is 0.123. The second kappa shape index (κ2) is 12.7. The number of hydrogen-bond acceptors (Lipinski definition) is 2. The maximum Gasteiger partial charge on any atom is 0.0562 e. The van der Waals surface area contributed by atoms with Gasteiger partial charge in [-0.3, -0.25) is 0 Å². The van der Waals surface area contributed by atoms with E-state index in [1.807, 2.05) is 0 Å². The quantitative estimate of drug-likeness (QED) is 0.420. The minimum Gasteiger partial charge on any atom is -0.396 e. The molecule has 16 heavy (non-hydrogen) atoms. The summed E-state index contributed by atoms with van der Waals surface area (Å²) in [4.78, 5) is 0. The van der Waals surface area contributed by atoms with Gasteiger partial charge in [-0.2, -0.15) is 0 Å². The molecule has 2 heteroatoms. The van der Waals surface area contributed by atoms with Crippen molar-refractivity contribution in [1.29, 1.82) is 0 Å². The van der Waals surface area contributed by atoms with Crippen molar-refractivity contribution in [3.05, 3.63) is 12.2 Å². The van der Waals surface area contributed by atoms with Gasteiger partial charge in [-0.1, -0.05) is 38.3 Å². The van der Waals surface area contributed by atoms with Crippen LogP contribution in [0.4, 0.5) is 0 Å². The molecule has 96 valence electrons. The Morgan fingerprint density at radius 3 is 2.25 bits per heavy atom. The van der Waals surface area contributed by atoms with Crippen LogP contribution in [0.2, 0.25) is 0 Å². The third kappa shape index (κ3) is 11.7. The molecule has 1 atom stereocenters. The standard InChI is InChI=1S/C14H28O2/c1-2-3-4-5-6-7-8-9-10-11-14(16)12-13-15/h7-8,14-16H,2-6,9-13H2,1H3. The summed E-state index contributed by atoms with van der Waals surface area (Å²) in [7, 11) is 0. The topological polar surface area (TPSA) is 40.5 Å². The molecule has 0 radical (unpaired) electrons. The van der Waals surface area contributed by atoms with Gasteiger partial charge in [0.1, 0.15) is 0 Å². The highest BCUT2D eigenvalue weighted by molar-refractivity contribution is 4.81. The molecule has 0 bridgehead atoms. The predicted molar refractivity (Wildman–Crippen MR) is 69.5 cm³/mol. The lowest BCUT2D eigenvalue weighted by Gasteiger charge is -2.06. The van der Waals surface area contributed by atoms with Crippen LogP contribution in [0, 0.1) is 0 Å². The van der Waals surface area contributed by atoms with Gasteiger partial charge < -0.3 is 10.2 Å². The van der Waals surface area contributed by atoms with Crippen LogP contribution in [0.5, 0.6) is 0 Å². The lowest BCUT2D eigenvalue weighted by Crippen LogP contribution is -2.07. The Morgan fingerprint density at radius 1 is 0.938 bits per heavy atom. The Labute approximate surface area is 100 Å². The number of aliphatic hydroxyl groups is 2. The van der Waals surface area contributed by atoms with E-state index in [-0.39, 0.29) is 12.7 Å². The van der Waals surface area contributed by atoms with E-state index < -0.39 is 0 Å². The van der Waals surface area contributed by atoms with Crippen LogP contribution in [-0.4, -0.2) is 22.9 Å². The molecule has 0 spiro atoms. The van der Waals surface area contributed by atoms with Crippen molar-refractivity contribution in [3.63, 3.8) is 0 Å². The molecule has 2 nitrogen and oxygen atoms in total. The third-order valence-corrected chi connectivity index (χ3v) is 2.76. The fourth-order valence-corrected chi connectivity index (χ4v) is 1.69. The molecule has 2 N–H and O–H groups in total. The maximum absolute atomic E-state index is 9.36. The number of allylic oxidation sites excluding steroid dienone is 2. The highest BCUT2D eigenvalue weighted by Gasteiger charge is 2.00. The van der Waals surface area contributed by atoms with Crippen LogP contribution in [0.1, 0.15) is 64.7 Å². The molecule has 0 aromatic rings. The van der Waals surface area contributed by atoms with E-state index in [1.165, 1.54) is 32.1 Å². The Bertz CT molecular complexity index is 155. The van der Waals surface area contributed by atoms with Gasteiger partial charge >= 0.3 is 0 Å². The van der Waals surface area contributed by atoms with Crippen LogP contribution in [0.15, 0.2) is 12.2 Å². The summed E-state index contributed by atoms with van der Waals surface area (Å²) in [5.41, 5.74) is 0. The molecular formula is C14H28O2. The van der Waals surface area contributed by atoms with Gasteiger partial charge in [0.2, 0.25) is 0 Å². The molecule has 0 aromatic heterocycles. The Hall–Kier alpha value is -0.340. The molecule has 0 aliphatic rings. The van der Waals surface area contributed by atoms with E-state index in [0.717, 1.165) is 19.3 Å². The molecule has 0 heterocycles. The molecule has 0 aliphatic heterocycles. The summed E-state index contributed by atoms with van der Waals surface area (Å²) in [6.45, 7) is 2.32. The first-order chi connectivity index (χ1) is 7.81. The first-order valence-electron chi connectivity index (χ1n) is 6.75. The van der Waals surface area contributed by atoms with E-state index in [0.29, 0.717) is 6.42 Å². The second-order valence-corrected chi connectivity index (χ2v) is 4.42. The van der Waals surface area contributed by atoms with Crippen molar-refractivity contribution < 1.29 is 10.2 Å². The zero-order valence-electron chi connectivity index (χ0n) is 10.7. The van der Waals surface area contributed by atoms with Crippen molar-refractivity contribution in [1.82, 2.24) is 0 Å². The highest BCUT2D eigenvalue weighted by atomic mass is 16.3. The highest BCUT2D eigenvalue weighted by Crippen LogP contribution is 2.06. The van der Waals surface area contributed by atoms with Gasteiger partial charge in [0.15, 0.2) is 0 Å². The molecule has 0 aliphatic carbocycles. The van der Waals surface area contributed by atoms with Crippen molar-refractivity contribution in [2.45, 2.75) is 70.8 Å². The summed E-state index contributed by atoms with van der Waals surface area (Å²) in [6, 6.07) is 0. The first-order valence-corrected chi connectivity index (χ1v) is 6.75. The molecule has 0 saturated carbocycles. The zero-order chi connectivity index (χ0) is 12.1. The minimum atomic E-state index is -0.317. The van der Waals surface area contributed by atoms with Crippen LogP contribution < -0.4 is 0 Å². The van der Waals surface area contributed by atoms with Crippen LogP contribution >= 0.6 is 0 Å². The van der Waals surface area contributed by atoms with Gasteiger partial charge in [0.05, 0.1) is 6.10 Å². The summed E-state index contributed by atoms with van der Waals surface area (Å²) in [5.74, 6) is 0. The van der Waals surface area contributed by atoms with Crippen molar-refractivity contribution in [3.8, 4) is 0 Å². The predicted octanol–water partition coefficient (Wildman–Crippen LogP) is 3.43. The molecule has 0 saturated heterocycles. The van der Waals surface area contributed by atoms with Gasteiger partial charge in [0, 0.05) is 6.61 Å². The van der Waals surface area contributed by atoms with Gasteiger partial charge in [0.25, 0.3) is 0 Å². The smallest absolute Gasteiger partial charge is 0.0562 e. The van der Waals surface area contributed by atoms with E-state index in [2.05, 4.69) is 19.1 Å². The van der Waals surface area contributed by atoms with E-state index in [9.17, 15) is 5.11 Å². The maximum atomic E-state index is 9.36. The average Bonchev–Trinajstić information content (AvgIpc) is 2.27. The summed E-state index contributed by atoms with van der Waals surface area (Å²) in [5, 5.41) is 18.0. The monoisotopic (exact) mass is 228 g/mol. The molecule has 1 unspecified atom stereocenters. The number of hydrogen-bond donors (Lipinski definition) is 2. The lowest BCUT2D eigenvalue weighted by atomic mass is 10.1. The summed E-state index contributed by atoms with van der Waals surface area (Å²) >= 11 is 0. The molecule has 0 rings (SSSR count). The first kappa shape index (κ1) is 15.7. The largest absolute Gasteiger partial charge is 0.396 e. The fraction of sp³-hybridized carbons (Fsp3) is 0.857. The average molecular weight is 228 g/mol. The van der Waals surface area contributed by atoms with E-state index in [4.69, 9.17) is 5.11 Å². The van der Waals surface area contributed by atoms with Gasteiger partial charge in [-0.25, -0.2) is 0 Å². The molecular weight excluding hydrogens is 200 g/mol. The summed E-state index contributed by atoms with van der Waals surface area (Å²) in [6.07, 6.45) is 14.0. The van der Waals surface area contributed by atoms with E-state index in [1.54, 1.807) is 0 Å². The minimum absolute atomic E-state index is 0.0917. The Kier molecular flexibility index (Phi) is 12.5. The molecule has 0 aromatic carbocycles.